The summed E-state index contributed by atoms with van der Waals surface area (Å²) in [4.78, 5) is 8.44. The van der Waals surface area contributed by atoms with E-state index in [2.05, 4.69) is 20.6 Å². The predicted octanol–water partition coefficient (Wildman–Crippen LogP) is 2.81. The number of rotatable bonds is 7. The summed E-state index contributed by atoms with van der Waals surface area (Å²) in [5.74, 6) is 0.930. The lowest BCUT2D eigenvalue weighted by molar-refractivity contribution is 0.198. The molecule has 0 saturated heterocycles. The van der Waals surface area contributed by atoms with Crippen LogP contribution < -0.4 is 10.6 Å². The highest BCUT2D eigenvalue weighted by Gasteiger charge is 2.00. The van der Waals surface area contributed by atoms with Crippen LogP contribution in [0.4, 0.5) is 21.8 Å². The maximum absolute atomic E-state index is 12.8. The van der Waals surface area contributed by atoms with Crippen LogP contribution in [0, 0.1) is 5.82 Å². The van der Waals surface area contributed by atoms with Gasteiger partial charge in [-0.05, 0) is 36.8 Å². The Hall–Kier alpha value is -2.21. The largest absolute Gasteiger partial charge is 0.385 e. The Labute approximate surface area is 117 Å². The molecule has 1 aromatic heterocycles. The molecule has 20 heavy (non-hydrogen) atoms. The minimum atomic E-state index is -0.273. The number of ether oxygens (including phenoxy) is 1. The number of anilines is 3. The van der Waals surface area contributed by atoms with Crippen molar-refractivity contribution < 1.29 is 9.13 Å². The lowest BCUT2D eigenvalue weighted by Crippen LogP contribution is -2.07. The van der Waals surface area contributed by atoms with Crippen molar-refractivity contribution in [2.24, 2.45) is 0 Å². The number of nitrogens with zero attached hydrogens (tertiary/aromatic N) is 2. The van der Waals surface area contributed by atoms with Crippen molar-refractivity contribution in [1.29, 1.82) is 0 Å². The third-order valence-corrected chi connectivity index (χ3v) is 2.59. The zero-order chi connectivity index (χ0) is 14.2. The molecule has 0 amide bonds. The van der Waals surface area contributed by atoms with E-state index >= 15 is 0 Å². The Bertz CT molecular complexity index is 533. The molecule has 0 radical (unpaired) electrons. The minimum absolute atomic E-state index is 0.273. The number of hydrogen-bond donors (Lipinski definition) is 2. The average molecular weight is 276 g/mol. The number of halogens is 1. The molecule has 106 valence electrons. The van der Waals surface area contributed by atoms with Gasteiger partial charge in [-0.3, -0.25) is 0 Å². The van der Waals surface area contributed by atoms with Gasteiger partial charge in [0, 0.05) is 32.1 Å². The van der Waals surface area contributed by atoms with Crippen LogP contribution in [0.2, 0.25) is 0 Å². The summed E-state index contributed by atoms with van der Waals surface area (Å²) in [6, 6.07) is 7.84. The molecule has 2 N–H and O–H groups in total. The van der Waals surface area contributed by atoms with Gasteiger partial charge in [-0.15, -0.1) is 0 Å². The van der Waals surface area contributed by atoms with Crippen molar-refractivity contribution in [3.8, 4) is 0 Å². The maximum atomic E-state index is 12.8. The zero-order valence-corrected chi connectivity index (χ0v) is 11.3. The lowest BCUT2D eigenvalue weighted by atomic mass is 10.3. The van der Waals surface area contributed by atoms with E-state index in [0.29, 0.717) is 12.6 Å². The van der Waals surface area contributed by atoms with E-state index in [9.17, 15) is 4.39 Å². The first-order valence-corrected chi connectivity index (χ1v) is 6.36. The Morgan fingerprint density at radius 3 is 2.75 bits per heavy atom. The molecule has 1 aromatic carbocycles. The molecular weight excluding hydrogens is 259 g/mol. The van der Waals surface area contributed by atoms with E-state index in [0.717, 1.165) is 24.5 Å². The van der Waals surface area contributed by atoms with Crippen molar-refractivity contribution in [2.45, 2.75) is 6.42 Å². The van der Waals surface area contributed by atoms with Gasteiger partial charge in [-0.25, -0.2) is 9.37 Å². The summed E-state index contributed by atoms with van der Waals surface area (Å²) < 4.78 is 17.8. The molecule has 0 atom stereocenters. The fourth-order valence-electron chi connectivity index (χ4n) is 1.61. The normalized spacial score (nSPS) is 10.3. The van der Waals surface area contributed by atoms with E-state index < -0.39 is 0 Å². The summed E-state index contributed by atoms with van der Waals surface area (Å²) >= 11 is 0. The first-order valence-electron chi connectivity index (χ1n) is 6.36. The molecule has 0 aliphatic rings. The van der Waals surface area contributed by atoms with Gasteiger partial charge in [-0.1, -0.05) is 0 Å². The molecule has 1 heterocycles. The predicted molar refractivity (Wildman–Crippen MR) is 76.7 cm³/mol. The molecule has 2 rings (SSSR count). The fraction of sp³-hybridized carbons (Fsp3) is 0.286. The Kier molecular flexibility index (Phi) is 5.25. The number of benzene rings is 1. The fourth-order valence-corrected chi connectivity index (χ4v) is 1.61. The second-order valence-electron chi connectivity index (χ2n) is 4.17. The second kappa shape index (κ2) is 7.40. The molecule has 5 nitrogen and oxygen atoms in total. The Morgan fingerprint density at radius 2 is 2.00 bits per heavy atom. The summed E-state index contributed by atoms with van der Waals surface area (Å²) in [5, 5.41) is 6.20. The molecule has 0 unspecified atom stereocenters. The monoisotopic (exact) mass is 276 g/mol. The van der Waals surface area contributed by atoms with Gasteiger partial charge in [0.15, 0.2) is 0 Å². The molecular formula is C14H17FN4O. The van der Waals surface area contributed by atoms with E-state index in [1.54, 1.807) is 31.5 Å². The van der Waals surface area contributed by atoms with Gasteiger partial charge in [0.1, 0.15) is 11.6 Å². The highest BCUT2D eigenvalue weighted by Crippen LogP contribution is 2.14. The Balaban J connectivity index is 1.93. The van der Waals surface area contributed by atoms with Crippen LogP contribution in [0.1, 0.15) is 6.42 Å². The molecule has 0 saturated carbocycles. The molecule has 2 aromatic rings. The van der Waals surface area contributed by atoms with Crippen LogP contribution >= 0.6 is 0 Å². The van der Waals surface area contributed by atoms with Crippen LogP contribution in [0.5, 0.6) is 0 Å². The maximum Gasteiger partial charge on any atom is 0.229 e. The van der Waals surface area contributed by atoms with Crippen LogP contribution in [0.25, 0.3) is 0 Å². The minimum Gasteiger partial charge on any atom is -0.385 e. The zero-order valence-electron chi connectivity index (χ0n) is 11.3. The number of hydrogen-bond acceptors (Lipinski definition) is 5. The van der Waals surface area contributed by atoms with E-state index in [1.165, 1.54) is 12.1 Å². The van der Waals surface area contributed by atoms with Gasteiger partial charge < -0.3 is 15.4 Å². The standard InChI is InChI=1S/C14H17FN4O/c1-20-10-2-8-16-13-7-9-17-14(19-13)18-12-5-3-11(15)4-6-12/h3-7,9H,2,8,10H2,1H3,(H2,16,17,18,19). The third kappa shape index (κ3) is 4.47. The van der Waals surface area contributed by atoms with Gasteiger partial charge in [0.25, 0.3) is 0 Å². The Morgan fingerprint density at radius 1 is 1.20 bits per heavy atom. The second-order valence-corrected chi connectivity index (χ2v) is 4.17. The van der Waals surface area contributed by atoms with E-state index in [-0.39, 0.29) is 5.82 Å². The lowest BCUT2D eigenvalue weighted by Gasteiger charge is -2.08. The number of methoxy groups -OCH3 is 1. The quantitative estimate of drug-likeness (QED) is 0.761. The molecule has 0 aliphatic heterocycles. The first-order chi connectivity index (χ1) is 9.78. The van der Waals surface area contributed by atoms with E-state index in [1.807, 2.05) is 0 Å². The molecule has 0 aliphatic carbocycles. The van der Waals surface area contributed by atoms with Crippen LogP contribution in [0.15, 0.2) is 36.5 Å². The average Bonchev–Trinajstić information content (AvgIpc) is 2.47. The SMILES string of the molecule is COCCCNc1ccnc(Nc2ccc(F)cc2)n1. The van der Waals surface area contributed by atoms with Crippen LogP contribution in [-0.2, 0) is 4.74 Å². The third-order valence-electron chi connectivity index (χ3n) is 2.59. The molecule has 0 bridgehead atoms. The summed E-state index contributed by atoms with van der Waals surface area (Å²) in [6.45, 7) is 1.49. The van der Waals surface area contributed by atoms with Gasteiger partial charge in [0.05, 0.1) is 0 Å². The summed E-state index contributed by atoms with van der Waals surface area (Å²) in [6.07, 6.45) is 2.57. The van der Waals surface area contributed by atoms with Crippen molar-refractivity contribution in [1.82, 2.24) is 9.97 Å². The van der Waals surface area contributed by atoms with Crippen LogP contribution in [-0.4, -0.2) is 30.2 Å². The smallest absolute Gasteiger partial charge is 0.229 e. The summed E-state index contributed by atoms with van der Waals surface area (Å²) in [5.41, 5.74) is 0.739. The van der Waals surface area contributed by atoms with Crippen molar-refractivity contribution in [3.63, 3.8) is 0 Å². The van der Waals surface area contributed by atoms with Gasteiger partial charge >= 0.3 is 0 Å². The molecule has 0 spiro atoms. The number of nitrogens with one attached hydrogen (secondary N) is 2. The van der Waals surface area contributed by atoms with E-state index in [4.69, 9.17) is 4.74 Å². The summed E-state index contributed by atoms with van der Waals surface area (Å²) in [7, 11) is 1.68. The molecule has 6 heteroatoms. The highest BCUT2D eigenvalue weighted by atomic mass is 19.1. The van der Waals surface area contributed by atoms with Crippen molar-refractivity contribution in [3.05, 3.63) is 42.3 Å². The van der Waals surface area contributed by atoms with Gasteiger partial charge in [-0.2, -0.15) is 4.98 Å². The van der Waals surface area contributed by atoms with Crippen molar-refractivity contribution >= 4 is 17.5 Å². The topological polar surface area (TPSA) is 59.1 Å². The van der Waals surface area contributed by atoms with Crippen molar-refractivity contribution in [2.75, 3.05) is 30.9 Å². The van der Waals surface area contributed by atoms with Gasteiger partial charge in [0.2, 0.25) is 5.95 Å². The first kappa shape index (κ1) is 14.2. The number of aromatic nitrogens is 2. The molecule has 0 fully saturated rings. The highest BCUT2D eigenvalue weighted by molar-refractivity contribution is 5.54. The van der Waals surface area contributed by atoms with Crippen LogP contribution in [0.3, 0.4) is 0 Å².